The van der Waals surface area contributed by atoms with Crippen LogP contribution >= 0.6 is 0 Å². The molecule has 130 valence electrons. The number of nitrogens with one attached hydrogen (secondary N) is 1. The molecule has 1 aliphatic carbocycles. The standard InChI is InChI=1S/C19H23N5O/c1-13(2)10-11-23(14-8-9-14)19-21-17-16(18(25)22-19)12-20-24(17)15-6-4-3-5-7-15/h3-7,12-14H,8-11H2,1-2H3,(H,21,22,25). The van der Waals surface area contributed by atoms with E-state index in [1.165, 1.54) is 0 Å². The molecule has 6 nitrogen and oxygen atoms in total. The van der Waals surface area contributed by atoms with Crippen LogP contribution in [0.25, 0.3) is 16.7 Å². The molecule has 6 heteroatoms. The summed E-state index contributed by atoms with van der Waals surface area (Å²) in [5, 5.41) is 4.90. The highest BCUT2D eigenvalue weighted by atomic mass is 16.1. The van der Waals surface area contributed by atoms with Gasteiger partial charge in [-0.05, 0) is 37.3 Å². The van der Waals surface area contributed by atoms with Crippen LogP contribution in [0, 0.1) is 5.92 Å². The maximum absolute atomic E-state index is 12.6. The molecule has 25 heavy (non-hydrogen) atoms. The fourth-order valence-electron chi connectivity index (χ4n) is 3.05. The molecule has 3 aromatic rings. The molecule has 2 heterocycles. The molecule has 0 atom stereocenters. The topological polar surface area (TPSA) is 66.8 Å². The highest BCUT2D eigenvalue weighted by Crippen LogP contribution is 2.30. The Labute approximate surface area is 146 Å². The summed E-state index contributed by atoms with van der Waals surface area (Å²) < 4.78 is 1.74. The van der Waals surface area contributed by atoms with Gasteiger partial charge in [0.15, 0.2) is 5.65 Å². The lowest BCUT2D eigenvalue weighted by molar-refractivity contribution is 0.565. The molecule has 1 saturated carbocycles. The average molecular weight is 337 g/mol. The third-order valence-electron chi connectivity index (χ3n) is 4.63. The van der Waals surface area contributed by atoms with Crippen LogP contribution in [-0.2, 0) is 0 Å². The fraction of sp³-hybridized carbons (Fsp3) is 0.421. The van der Waals surface area contributed by atoms with E-state index < -0.39 is 0 Å². The van der Waals surface area contributed by atoms with Gasteiger partial charge < -0.3 is 4.90 Å². The molecule has 0 spiro atoms. The lowest BCUT2D eigenvalue weighted by Gasteiger charge is -2.23. The predicted octanol–water partition coefficient (Wildman–Crippen LogP) is 3.12. The summed E-state index contributed by atoms with van der Waals surface area (Å²) in [5.41, 5.74) is 1.39. The van der Waals surface area contributed by atoms with E-state index in [1.807, 2.05) is 30.3 Å². The van der Waals surface area contributed by atoms with Gasteiger partial charge >= 0.3 is 0 Å². The minimum Gasteiger partial charge on any atom is -0.339 e. The maximum Gasteiger partial charge on any atom is 0.263 e. The highest BCUT2D eigenvalue weighted by molar-refractivity contribution is 5.76. The number of rotatable bonds is 6. The molecular weight excluding hydrogens is 314 g/mol. The fourth-order valence-corrected chi connectivity index (χ4v) is 3.05. The Bertz CT molecular complexity index is 924. The van der Waals surface area contributed by atoms with Crippen molar-refractivity contribution in [2.75, 3.05) is 11.4 Å². The average Bonchev–Trinajstić information content (AvgIpc) is 3.34. The van der Waals surface area contributed by atoms with E-state index in [0.29, 0.717) is 28.9 Å². The molecule has 1 N–H and O–H groups in total. The SMILES string of the molecule is CC(C)CCN(c1nc2c(cnn2-c2ccccc2)c(=O)[nH]1)C1CC1. The first kappa shape index (κ1) is 15.9. The molecule has 0 saturated heterocycles. The summed E-state index contributed by atoms with van der Waals surface area (Å²) in [6.07, 6.45) is 5.00. The van der Waals surface area contributed by atoms with E-state index in [4.69, 9.17) is 4.98 Å². The van der Waals surface area contributed by atoms with Crippen LogP contribution in [0.3, 0.4) is 0 Å². The zero-order chi connectivity index (χ0) is 17.4. The van der Waals surface area contributed by atoms with Crippen molar-refractivity contribution in [3.63, 3.8) is 0 Å². The Morgan fingerprint density at radius 1 is 1.28 bits per heavy atom. The van der Waals surface area contributed by atoms with Crippen molar-refractivity contribution in [2.45, 2.75) is 39.2 Å². The second-order valence-electron chi connectivity index (χ2n) is 7.13. The monoisotopic (exact) mass is 337 g/mol. The Kier molecular flexibility index (Phi) is 4.03. The van der Waals surface area contributed by atoms with Gasteiger partial charge in [0.25, 0.3) is 5.56 Å². The van der Waals surface area contributed by atoms with Crippen LogP contribution in [0.4, 0.5) is 5.95 Å². The Balaban J connectivity index is 1.78. The number of aromatic amines is 1. The third kappa shape index (κ3) is 3.16. The Morgan fingerprint density at radius 2 is 2.04 bits per heavy atom. The molecule has 0 amide bonds. The zero-order valence-corrected chi connectivity index (χ0v) is 14.6. The van der Waals surface area contributed by atoms with Crippen molar-refractivity contribution in [1.29, 1.82) is 0 Å². The minimum atomic E-state index is -0.127. The van der Waals surface area contributed by atoms with Crippen molar-refractivity contribution < 1.29 is 0 Å². The van der Waals surface area contributed by atoms with Gasteiger partial charge in [-0.1, -0.05) is 32.0 Å². The summed E-state index contributed by atoms with van der Waals surface area (Å²) in [7, 11) is 0. The van der Waals surface area contributed by atoms with Crippen LogP contribution < -0.4 is 10.5 Å². The van der Waals surface area contributed by atoms with E-state index in [1.54, 1.807) is 10.9 Å². The molecular formula is C19H23N5O. The van der Waals surface area contributed by atoms with Crippen LogP contribution in [0.1, 0.15) is 33.1 Å². The van der Waals surface area contributed by atoms with Gasteiger partial charge in [-0.2, -0.15) is 10.1 Å². The number of anilines is 1. The van der Waals surface area contributed by atoms with E-state index >= 15 is 0 Å². The number of hydrogen-bond donors (Lipinski definition) is 1. The van der Waals surface area contributed by atoms with E-state index in [2.05, 4.69) is 28.8 Å². The molecule has 4 rings (SSSR count). The predicted molar refractivity (Wildman–Crippen MR) is 99.3 cm³/mol. The van der Waals surface area contributed by atoms with Crippen molar-refractivity contribution in [1.82, 2.24) is 19.7 Å². The van der Waals surface area contributed by atoms with Crippen molar-refractivity contribution in [3.8, 4) is 5.69 Å². The molecule has 1 aromatic carbocycles. The smallest absolute Gasteiger partial charge is 0.263 e. The van der Waals surface area contributed by atoms with Gasteiger partial charge in [0.1, 0.15) is 5.39 Å². The number of H-pyrrole nitrogens is 1. The summed E-state index contributed by atoms with van der Waals surface area (Å²) in [4.78, 5) is 22.6. The van der Waals surface area contributed by atoms with Gasteiger partial charge in [0.2, 0.25) is 5.95 Å². The zero-order valence-electron chi connectivity index (χ0n) is 14.6. The lowest BCUT2D eigenvalue weighted by Crippen LogP contribution is -2.31. The number of benzene rings is 1. The van der Waals surface area contributed by atoms with Gasteiger partial charge in [-0.25, -0.2) is 4.68 Å². The number of para-hydroxylation sites is 1. The molecule has 0 aliphatic heterocycles. The number of nitrogens with zero attached hydrogens (tertiary/aromatic N) is 4. The van der Waals surface area contributed by atoms with E-state index in [0.717, 1.165) is 31.5 Å². The first-order valence-corrected chi connectivity index (χ1v) is 8.93. The third-order valence-corrected chi connectivity index (χ3v) is 4.63. The number of aromatic nitrogens is 4. The van der Waals surface area contributed by atoms with E-state index in [9.17, 15) is 4.79 Å². The molecule has 1 fully saturated rings. The van der Waals surface area contributed by atoms with Crippen LogP contribution in [0.2, 0.25) is 0 Å². The molecule has 0 unspecified atom stereocenters. The van der Waals surface area contributed by atoms with E-state index in [-0.39, 0.29) is 5.56 Å². The summed E-state index contributed by atoms with van der Waals surface area (Å²) in [5.74, 6) is 1.28. The van der Waals surface area contributed by atoms with Gasteiger partial charge in [-0.15, -0.1) is 0 Å². The van der Waals surface area contributed by atoms with Crippen molar-refractivity contribution in [3.05, 3.63) is 46.9 Å². The Morgan fingerprint density at radius 3 is 2.72 bits per heavy atom. The van der Waals surface area contributed by atoms with Crippen molar-refractivity contribution in [2.24, 2.45) is 5.92 Å². The van der Waals surface area contributed by atoms with Crippen LogP contribution in [-0.4, -0.2) is 32.3 Å². The van der Waals surface area contributed by atoms with Crippen LogP contribution in [0.15, 0.2) is 41.3 Å². The van der Waals surface area contributed by atoms with Crippen LogP contribution in [0.5, 0.6) is 0 Å². The summed E-state index contributed by atoms with van der Waals surface area (Å²) in [6.45, 7) is 5.35. The molecule has 0 radical (unpaired) electrons. The second-order valence-corrected chi connectivity index (χ2v) is 7.13. The van der Waals surface area contributed by atoms with Crippen molar-refractivity contribution >= 4 is 17.0 Å². The number of hydrogen-bond acceptors (Lipinski definition) is 4. The molecule has 2 aromatic heterocycles. The summed E-state index contributed by atoms with van der Waals surface area (Å²) >= 11 is 0. The first-order valence-electron chi connectivity index (χ1n) is 8.93. The normalized spacial score (nSPS) is 14.4. The number of fused-ring (bicyclic) bond motifs is 1. The largest absolute Gasteiger partial charge is 0.339 e. The molecule has 0 bridgehead atoms. The minimum absolute atomic E-state index is 0.127. The van der Waals surface area contributed by atoms with Gasteiger partial charge in [0, 0.05) is 12.6 Å². The lowest BCUT2D eigenvalue weighted by atomic mass is 10.1. The summed E-state index contributed by atoms with van der Waals surface area (Å²) in [6, 6.07) is 10.3. The van der Waals surface area contributed by atoms with Gasteiger partial charge in [0.05, 0.1) is 11.9 Å². The maximum atomic E-state index is 12.6. The quantitative estimate of drug-likeness (QED) is 0.750. The molecule has 1 aliphatic rings. The Hall–Kier alpha value is -2.63. The second kappa shape index (κ2) is 6.35. The van der Waals surface area contributed by atoms with Gasteiger partial charge in [-0.3, -0.25) is 9.78 Å². The highest BCUT2D eigenvalue weighted by Gasteiger charge is 2.31. The first-order chi connectivity index (χ1) is 12.1.